The van der Waals surface area contributed by atoms with Gasteiger partial charge in [-0.2, -0.15) is 10.1 Å². The van der Waals surface area contributed by atoms with E-state index in [9.17, 15) is 4.79 Å². The van der Waals surface area contributed by atoms with Gasteiger partial charge < -0.3 is 15.2 Å². The Morgan fingerprint density at radius 3 is 2.67 bits per heavy atom. The highest BCUT2D eigenvalue weighted by atomic mass is 16.5. The molecule has 0 saturated heterocycles. The number of hydrogen-bond acceptors (Lipinski definition) is 6. The van der Waals surface area contributed by atoms with Crippen LogP contribution in [0.15, 0.2) is 47.4 Å². The first-order chi connectivity index (χ1) is 11.5. The number of amidine groups is 1. The van der Waals surface area contributed by atoms with Crippen LogP contribution in [-0.4, -0.2) is 24.5 Å². The van der Waals surface area contributed by atoms with Crippen LogP contribution in [0.4, 0.5) is 5.69 Å². The van der Waals surface area contributed by atoms with Gasteiger partial charge in [-0.15, -0.1) is 0 Å². The molecule has 1 aliphatic rings. The summed E-state index contributed by atoms with van der Waals surface area (Å²) in [5.74, 6) is -0.471. The average Bonchev–Trinajstić information content (AvgIpc) is 2.56. The monoisotopic (exact) mass is 331 g/mol. The van der Waals surface area contributed by atoms with E-state index in [1.807, 2.05) is 30.3 Å². The van der Waals surface area contributed by atoms with Crippen LogP contribution >= 0.6 is 0 Å². The second-order valence-electron chi connectivity index (χ2n) is 5.84. The molecule has 2 N–H and O–H groups in total. The van der Waals surface area contributed by atoms with E-state index in [-0.39, 0.29) is 11.9 Å². The van der Waals surface area contributed by atoms with E-state index < -0.39 is 11.9 Å². The molecule has 0 aliphatic carbocycles. The number of unbranched alkanes of at least 4 members (excludes halogenated alkanes) is 1. The molecule has 0 bridgehead atoms. The maximum absolute atomic E-state index is 12.2. The van der Waals surface area contributed by atoms with Crippen molar-refractivity contribution in [2.45, 2.75) is 39.7 Å². The number of ether oxygens (including phenoxy) is 2. The van der Waals surface area contributed by atoms with Crippen molar-refractivity contribution in [2.24, 2.45) is 16.8 Å². The van der Waals surface area contributed by atoms with Gasteiger partial charge >= 0.3 is 5.97 Å². The van der Waals surface area contributed by atoms with Crippen molar-refractivity contribution in [1.29, 1.82) is 0 Å². The van der Waals surface area contributed by atoms with E-state index in [1.54, 1.807) is 24.9 Å². The fourth-order valence-electron chi connectivity index (χ4n) is 2.20. The largest absolute Gasteiger partial charge is 0.478 e. The molecule has 0 spiro atoms. The number of anilines is 1. The number of nitrogens with zero attached hydrogens (tertiary/aromatic N) is 2. The predicted octanol–water partition coefficient (Wildman–Crippen LogP) is 3.00. The van der Waals surface area contributed by atoms with Crippen LogP contribution in [0, 0.1) is 5.92 Å². The molecule has 1 aromatic carbocycles. The third-order valence-electron chi connectivity index (χ3n) is 3.41. The summed E-state index contributed by atoms with van der Waals surface area (Å²) in [6, 6.07) is 9.54. The first-order valence-corrected chi connectivity index (χ1v) is 8.27. The van der Waals surface area contributed by atoms with Gasteiger partial charge in [-0.25, -0.2) is 0 Å². The van der Waals surface area contributed by atoms with E-state index in [0.29, 0.717) is 12.5 Å². The molecule has 1 heterocycles. The molecule has 0 saturated carbocycles. The topological polar surface area (TPSA) is 77.1 Å². The van der Waals surface area contributed by atoms with Gasteiger partial charge in [0.05, 0.1) is 18.4 Å². The number of nitrogens with two attached hydrogens (primary N) is 1. The summed E-state index contributed by atoms with van der Waals surface area (Å²) in [6.45, 7) is 6.24. The van der Waals surface area contributed by atoms with Crippen molar-refractivity contribution < 1.29 is 14.3 Å². The van der Waals surface area contributed by atoms with E-state index in [1.165, 1.54) is 0 Å². The minimum Gasteiger partial charge on any atom is -0.478 e. The van der Waals surface area contributed by atoms with Gasteiger partial charge in [0.25, 0.3) is 0 Å². The van der Waals surface area contributed by atoms with Crippen LogP contribution in [0.25, 0.3) is 0 Å². The zero-order valence-corrected chi connectivity index (χ0v) is 14.4. The molecular weight excluding hydrogens is 306 g/mol. The van der Waals surface area contributed by atoms with Gasteiger partial charge in [0.2, 0.25) is 5.88 Å². The van der Waals surface area contributed by atoms with E-state index in [4.69, 9.17) is 15.2 Å². The molecule has 0 aromatic heterocycles. The van der Waals surface area contributed by atoms with Crippen molar-refractivity contribution in [2.75, 3.05) is 11.6 Å². The van der Waals surface area contributed by atoms with E-state index in [2.05, 4.69) is 12.0 Å². The zero-order valence-electron chi connectivity index (χ0n) is 14.4. The molecule has 1 atom stereocenters. The number of benzene rings is 1. The lowest BCUT2D eigenvalue weighted by Gasteiger charge is -2.28. The maximum Gasteiger partial charge on any atom is 0.321 e. The number of hydrogen-bond donors (Lipinski definition) is 1. The fourth-order valence-corrected chi connectivity index (χ4v) is 2.20. The van der Waals surface area contributed by atoms with Crippen LogP contribution in [0.2, 0.25) is 0 Å². The molecular formula is C18H25N3O3. The third-order valence-corrected chi connectivity index (χ3v) is 3.41. The minimum atomic E-state index is -0.732. The standard InChI is InChI=1S/C18H25N3O3/c1-4-5-11-23-16-12-15(18(22)24-13(2)3)17(19)20-21(16)14-9-7-6-8-10-14/h6-10,12-13,15H,4-5,11H2,1-3H3,(H2,19,20). The van der Waals surface area contributed by atoms with E-state index >= 15 is 0 Å². The smallest absolute Gasteiger partial charge is 0.321 e. The highest BCUT2D eigenvalue weighted by molar-refractivity contribution is 6.03. The second-order valence-corrected chi connectivity index (χ2v) is 5.84. The number of carbonyl (C=O) groups is 1. The Kier molecular flexibility index (Phi) is 6.23. The van der Waals surface area contributed by atoms with Gasteiger partial charge in [0.1, 0.15) is 11.8 Å². The van der Waals surface area contributed by atoms with Crippen LogP contribution < -0.4 is 10.7 Å². The highest BCUT2D eigenvalue weighted by Crippen LogP contribution is 2.26. The van der Waals surface area contributed by atoms with Crippen LogP contribution in [0.1, 0.15) is 33.6 Å². The Labute approximate surface area is 142 Å². The molecule has 0 fully saturated rings. The Morgan fingerprint density at radius 2 is 2.04 bits per heavy atom. The predicted molar refractivity (Wildman–Crippen MR) is 94.2 cm³/mol. The fraction of sp³-hybridized carbons (Fsp3) is 0.444. The molecule has 1 aromatic rings. The van der Waals surface area contributed by atoms with E-state index in [0.717, 1.165) is 18.5 Å². The third kappa shape index (κ3) is 4.50. The highest BCUT2D eigenvalue weighted by Gasteiger charge is 2.31. The van der Waals surface area contributed by atoms with Gasteiger partial charge in [-0.05, 0) is 38.5 Å². The molecule has 2 rings (SSSR count). The lowest BCUT2D eigenvalue weighted by atomic mass is 10.1. The number of carbonyl (C=O) groups excluding carboxylic acids is 1. The van der Waals surface area contributed by atoms with Crippen molar-refractivity contribution in [3.05, 3.63) is 42.3 Å². The summed E-state index contributed by atoms with van der Waals surface area (Å²) in [5, 5.41) is 5.97. The molecule has 0 radical (unpaired) electrons. The number of esters is 1. The summed E-state index contributed by atoms with van der Waals surface area (Å²) in [5.41, 5.74) is 6.83. The maximum atomic E-state index is 12.2. The normalized spacial score (nSPS) is 17.3. The molecule has 1 aliphatic heterocycles. The summed E-state index contributed by atoms with van der Waals surface area (Å²) in [7, 11) is 0. The van der Waals surface area contributed by atoms with Gasteiger partial charge in [0.15, 0.2) is 0 Å². The minimum absolute atomic E-state index is 0.187. The van der Waals surface area contributed by atoms with Crippen molar-refractivity contribution in [3.8, 4) is 0 Å². The van der Waals surface area contributed by atoms with Gasteiger partial charge in [-0.1, -0.05) is 31.5 Å². The second kappa shape index (κ2) is 8.38. The average molecular weight is 331 g/mol. The van der Waals surface area contributed by atoms with Crippen molar-refractivity contribution in [3.63, 3.8) is 0 Å². The Balaban J connectivity index is 2.26. The lowest BCUT2D eigenvalue weighted by molar-refractivity contribution is -0.148. The quantitative estimate of drug-likeness (QED) is 0.614. The summed E-state index contributed by atoms with van der Waals surface area (Å²) >= 11 is 0. The van der Waals surface area contributed by atoms with Gasteiger partial charge in [-0.3, -0.25) is 4.79 Å². The molecule has 130 valence electrons. The Hall–Kier alpha value is -2.50. The first-order valence-electron chi connectivity index (χ1n) is 8.27. The summed E-state index contributed by atoms with van der Waals surface area (Å²) in [6.07, 6.45) is 3.40. The zero-order chi connectivity index (χ0) is 17.5. The number of rotatable bonds is 7. The molecule has 0 amide bonds. The molecule has 1 unspecified atom stereocenters. The Morgan fingerprint density at radius 1 is 1.33 bits per heavy atom. The van der Waals surface area contributed by atoms with Gasteiger partial charge in [0, 0.05) is 0 Å². The van der Waals surface area contributed by atoms with Crippen LogP contribution in [-0.2, 0) is 14.3 Å². The van der Waals surface area contributed by atoms with Crippen molar-refractivity contribution in [1.82, 2.24) is 0 Å². The van der Waals surface area contributed by atoms with Crippen LogP contribution in [0.3, 0.4) is 0 Å². The Bertz CT molecular complexity index is 611. The first kappa shape index (κ1) is 17.8. The number of para-hydroxylation sites is 1. The summed E-state index contributed by atoms with van der Waals surface area (Å²) < 4.78 is 11.1. The summed E-state index contributed by atoms with van der Waals surface area (Å²) in [4.78, 5) is 12.2. The number of hydrazone groups is 1. The molecule has 6 nitrogen and oxygen atoms in total. The van der Waals surface area contributed by atoms with Crippen LogP contribution in [0.5, 0.6) is 0 Å². The molecule has 24 heavy (non-hydrogen) atoms. The van der Waals surface area contributed by atoms with Crippen molar-refractivity contribution >= 4 is 17.5 Å². The lowest BCUT2D eigenvalue weighted by Crippen LogP contribution is -2.39. The molecule has 6 heteroatoms. The SMILES string of the molecule is CCCCOC1=CC(C(=O)OC(C)C)C(N)=NN1c1ccccc1.